The summed E-state index contributed by atoms with van der Waals surface area (Å²) in [6.07, 6.45) is 0. The van der Waals surface area contributed by atoms with Gasteiger partial charge in [0.1, 0.15) is 0 Å². The molecule has 0 bridgehead atoms. The van der Waals surface area contributed by atoms with Crippen LogP contribution >= 0.6 is 0 Å². The third-order valence-corrected chi connectivity index (χ3v) is 0. The number of carboxylic acid groups (broad SMARTS) is 3. The summed E-state index contributed by atoms with van der Waals surface area (Å²) in [6, 6.07) is 0. The molecular formula is C6H9NdO6Pr. The Labute approximate surface area is 148 Å². The number of aliphatic carboxylic acids is 3. The van der Waals surface area contributed by atoms with E-state index in [9.17, 15) is 0 Å². The van der Waals surface area contributed by atoms with Crippen molar-refractivity contribution in [3.05, 3.63) is 0 Å². The van der Waals surface area contributed by atoms with Gasteiger partial charge in [-0.05, 0) is 20.8 Å². The summed E-state index contributed by atoms with van der Waals surface area (Å²) in [4.78, 5) is 26.7. The Morgan fingerprint density at radius 3 is 0.714 bits per heavy atom. The van der Waals surface area contributed by atoms with E-state index in [2.05, 4.69) is 0 Å². The topological polar surface area (TPSA) is 120 Å². The Morgan fingerprint density at radius 2 is 0.714 bits per heavy atom. The molecule has 0 unspecified atom stereocenters. The summed E-state index contributed by atoms with van der Waals surface area (Å²) in [6.45, 7) is 2.92. The minimum Gasteiger partial charge on any atom is -0.550 e. The zero-order valence-electron chi connectivity index (χ0n) is 8.03. The van der Waals surface area contributed by atoms with Crippen LogP contribution in [0.1, 0.15) is 20.8 Å². The molecule has 8 heteroatoms. The summed E-state index contributed by atoms with van der Waals surface area (Å²) >= 11 is 0. The van der Waals surface area contributed by atoms with E-state index < -0.39 is 17.9 Å². The van der Waals surface area contributed by atoms with Gasteiger partial charge in [-0.1, -0.05) is 0 Å². The van der Waals surface area contributed by atoms with Crippen molar-refractivity contribution in [2.75, 3.05) is 0 Å². The van der Waals surface area contributed by atoms with E-state index in [-0.39, 0.29) is 82.1 Å². The quantitative estimate of drug-likeness (QED) is 0.365. The van der Waals surface area contributed by atoms with Crippen molar-refractivity contribution in [1.29, 1.82) is 0 Å². The van der Waals surface area contributed by atoms with Crippen molar-refractivity contribution < 1.29 is 112 Å². The zero-order chi connectivity index (χ0) is 10.7. The molecule has 0 aromatic carbocycles. The number of rotatable bonds is 0. The van der Waals surface area contributed by atoms with Crippen molar-refractivity contribution in [2.24, 2.45) is 0 Å². The second-order valence-corrected chi connectivity index (χ2v) is 1.47. The van der Waals surface area contributed by atoms with Gasteiger partial charge in [-0.25, -0.2) is 0 Å². The van der Waals surface area contributed by atoms with Gasteiger partial charge in [-0.15, -0.1) is 0 Å². The number of carbonyl (C=O) groups excluding carboxylic acids is 3. The van der Waals surface area contributed by atoms with Crippen LogP contribution in [0, 0.1) is 82.1 Å². The van der Waals surface area contributed by atoms with Gasteiger partial charge in [0.15, 0.2) is 0 Å². The van der Waals surface area contributed by atoms with Crippen LogP contribution in [0.3, 0.4) is 0 Å². The molecular weight excluding hydrogens is 453 g/mol. The molecule has 0 saturated carbocycles. The molecule has 0 aliphatic heterocycles. The predicted octanol–water partition coefficient (Wildman–Crippen LogP) is -3.73. The number of hydrogen-bond acceptors (Lipinski definition) is 6. The monoisotopic (exact) mass is 460 g/mol. The molecule has 0 spiro atoms. The fraction of sp³-hybridized carbons (Fsp3) is 0.500. The first-order chi connectivity index (χ1) is 5.20. The van der Waals surface area contributed by atoms with Crippen molar-refractivity contribution in [3.8, 4) is 0 Å². The third-order valence-electron chi connectivity index (χ3n) is 0. The fourth-order valence-electron chi connectivity index (χ4n) is 0. The summed E-state index contributed by atoms with van der Waals surface area (Å²) in [5.74, 6) is -3.25. The molecule has 0 aromatic heterocycles. The second kappa shape index (κ2) is 23.7. The summed E-state index contributed by atoms with van der Waals surface area (Å²) in [7, 11) is 0. The maximum Gasteiger partial charge on any atom is 3.00 e. The van der Waals surface area contributed by atoms with Gasteiger partial charge in [-0.3, -0.25) is 0 Å². The van der Waals surface area contributed by atoms with Gasteiger partial charge in [-0.2, -0.15) is 0 Å². The van der Waals surface area contributed by atoms with Gasteiger partial charge in [0, 0.05) is 58.7 Å². The van der Waals surface area contributed by atoms with Crippen molar-refractivity contribution in [1.82, 2.24) is 0 Å². The third kappa shape index (κ3) is 1530. The largest absolute Gasteiger partial charge is 3.00 e. The van der Waals surface area contributed by atoms with Crippen LogP contribution in [0.4, 0.5) is 0 Å². The standard InChI is InChI=1S/3C2H4O2.Nd.Pr/c3*1-2(3)4;;/h3*1H3,(H,3,4);;/q;;;;+3/p-3. The van der Waals surface area contributed by atoms with Crippen LogP contribution < -0.4 is 15.3 Å². The Bertz CT molecular complexity index is 120. The Kier molecular flexibility index (Phi) is 49.9. The van der Waals surface area contributed by atoms with Crippen LogP contribution in [-0.2, 0) is 14.4 Å². The Hall–Kier alpha value is 1.12. The maximum absolute atomic E-state index is 8.89. The second-order valence-electron chi connectivity index (χ2n) is 1.47. The molecule has 0 aliphatic rings. The van der Waals surface area contributed by atoms with Crippen LogP contribution in [-0.4, -0.2) is 17.9 Å². The van der Waals surface area contributed by atoms with Gasteiger partial charge in [0.25, 0.3) is 0 Å². The predicted molar refractivity (Wildman–Crippen MR) is 32.0 cm³/mol. The van der Waals surface area contributed by atoms with E-state index in [1.165, 1.54) is 0 Å². The van der Waals surface area contributed by atoms with E-state index in [0.29, 0.717) is 0 Å². The van der Waals surface area contributed by atoms with E-state index in [1.807, 2.05) is 0 Å². The molecule has 0 amide bonds. The van der Waals surface area contributed by atoms with E-state index in [0.717, 1.165) is 20.8 Å². The fourth-order valence-corrected chi connectivity index (χ4v) is 0. The van der Waals surface area contributed by atoms with Crippen LogP contribution in [0.5, 0.6) is 0 Å². The minimum atomic E-state index is -1.08. The zero-order valence-corrected chi connectivity index (χ0v) is 14.9. The summed E-state index contributed by atoms with van der Waals surface area (Å²) < 4.78 is 0. The average Bonchev–Trinajstić information content (AvgIpc) is 1.54. The molecule has 76 valence electrons. The average molecular weight is 462 g/mol. The first-order valence-electron chi connectivity index (χ1n) is 2.72. The minimum absolute atomic E-state index is 0. The summed E-state index contributed by atoms with van der Waals surface area (Å²) in [5, 5.41) is 26.7. The molecule has 0 radical (unpaired) electrons. The van der Waals surface area contributed by atoms with Gasteiger partial charge >= 0.3 is 41.3 Å². The van der Waals surface area contributed by atoms with Gasteiger partial charge in [0.2, 0.25) is 0 Å². The number of carbonyl (C=O) groups is 3. The molecule has 0 rings (SSSR count). The van der Waals surface area contributed by atoms with Crippen molar-refractivity contribution in [3.63, 3.8) is 0 Å². The van der Waals surface area contributed by atoms with Crippen LogP contribution in [0.25, 0.3) is 0 Å². The van der Waals surface area contributed by atoms with E-state index in [1.54, 1.807) is 0 Å². The maximum atomic E-state index is 8.89. The van der Waals surface area contributed by atoms with Crippen molar-refractivity contribution >= 4 is 17.9 Å². The summed E-state index contributed by atoms with van der Waals surface area (Å²) in [5.41, 5.74) is 0. The molecule has 0 saturated heterocycles. The molecule has 14 heavy (non-hydrogen) atoms. The molecule has 0 atom stereocenters. The van der Waals surface area contributed by atoms with Gasteiger partial charge in [0.05, 0.1) is 0 Å². The Morgan fingerprint density at radius 1 is 0.714 bits per heavy atom. The van der Waals surface area contributed by atoms with Crippen molar-refractivity contribution in [2.45, 2.75) is 20.8 Å². The SMILES string of the molecule is CC(=O)[O-].CC(=O)[O-].CC(=O)[O-].[Nd].[Pr+3]. The van der Waals surface area contributed by atoms with Gasteiger partial charge < -0.3 is 29.7 Å². The van der Waals surface area contributed by atoms with Crippen LogP contribution in [0.2, 0.25) is 0 Å². The Balaban J connectivity index is -0.0000000270. The number of hydrogen-bond donors (Lipinski definition) is 0. The normalized spacial score (nSPS) is 5.36. The first-order valence-corrected chi connectivity index (χ1v) is 2.72. The van der Waals surface area contributed by atoms with E-state index in [4.69, 9.17) is 29.7 Å². The molecule has 0 fully saturated rings. The molecule has 0 aliphatic carbocycles. The smallest absolute Gasteiger partial charge is 0.550 e. The number of carboxylic acids is 3. The molecule has 0 heterocycles. The van der Waals surface area contributed by atoms with Crippen LogP contribution in [0.15, 0.2) is 0 Å². The van der Waals surface area contributed by atoms with E-state index >= 15 is 0 Å². The molecule has 0 aromatic rings. The molecule has 0 N–H and O–H groups in total. The first kappa shape index (κ1) is 29.4. The molecule has 6 nitrogen and oxygen atoms in total.